The minimum atomic E-state index is -0.419. The largest absolute Gasteiger partial charge is 0.373 e. The van der Waals surface area contributed by atoms with E-state index in [0.29, 0.717) is 30.3 Å². The Kier molecular flexibility index (Phi) is 6.36. The van der Waals surface area contributed by atoms with Gasteiger partial charge in [-0.3, -0.25) is 15.0 Å². The lowest BCUT2D eigenvalue weighted by Gasteiger charge is -2.30. The number of hydrogen-bond acceptors (Lipinski definition) is 6. The average molecular weight is 295 g/mol. The molecule has 0 aromatic carbocycles. The maximum Gasteiger partial charge on any atom is 0.311 e. The van der Waals surface area contributed by atoms with Crippen LogP contribution in [0.5, 0.6) is 0 Å². The van der Waals surface area contributed by atoms with Crippen LogP contribution in [0.15, 0.2) is 12.1 Å². The van der Waals surface area contributed by atoms with Gasteiger partial charge in [-0.1, -0.05) is 0 Å². The van der Waals surface area contributed by atoms with Gasteiger partial charge in [-0.25, -0.2) is 4.98 Å². The van der Waals surface area contributed by atoms with Crippen molar-refractivity contribution < 1.29 is 4.92 Å². The van der Waals surface area contributed by atoms with Crippen LogP contribution in [0, 0.1) is 10.1 Å². The van der Waals surface area contributed by atoms with Crippen molar-refractivity contribution in [3.05, 3.63) is 22.2 Å². The molecule has 1 aromatic heterocycles. The normalized spacial score (nSPS) is 11.2. The first-order valence-electron chi connectivity index (χ1n) is 7.19. The van der Waals surface area contributed by atoms with E-state index in [1.165, 1.54) is 6.07 Å². The molecule has 0 aliphatic carbocycles. The van der Waals surface area contributed by atoms with Crippen LogP contribution in [-0.2, 0) is 0 Å². The van der Waals surface area contributed by atoms with E-state index in [9.17, 15) is 10.1 Å². The Hall–Kier alpha value is -1.89. The summed E-state index contributed by atoms with van der Waals surface area (Å²) in [6, 6.07) is 3.92. The minimum absolute atomic E-state index is 0.00496. The van der Waals surface area contributed by atoms with Gasteiger partial charge in [-0.15, -0.1) is 0 Å². The summed E-state index contributed by atoms with van der Waals surface area (Å²) >= 11 is 0. The predicted molar refractivity (Wildman–Crippen MR) is 85.9 cm³/mol. The number of rotatable bonds is 8. The van der Waals surface area contributed by atoms with Crippen LogP contribution in [0.3, 0.4) is 0 Å². The summed E-state index contributed by atoms with van der Waals surface area (Å²) < 4.78 is 0. The van der Waals surface area contributed by atoms with Crippen molar-refractivity contribution in [2.24, 2.45) is 0 Å². The van der Waals surface area contributed by atoms with Crippen molar-refractivity contribution in [3.8, 4) is 0 Å². The molecule has 7 heteroatoms. The van der Waals surface area contributed by atoms with Crippen LogP contribution < -0.4 is 10.6 Å². The lowest BCUT2D eigenvalue weighted by Crippen LogP contribution is -2.40. The van der Waals surface area contributed by atoms with E-state index in [0.717, 1.165) is 6.54 Å². The SMILES string of the molecule is CNc1ccc([N+](=O)[O-])c(NCCN(C(C)C)C(C)C)n1. The number of aromatic nitrogens is 1. The van der Waals surface area contributed by atoms with E-state index >= 15 is 0 Å². The molecule has 0 bridgehead atoms. The quantitative estimate of drug-likeness (QED) is 0.566. The highest BCUT2D eigenvalue weighted by molar-refractivity contribution is 5.60. The van der Waals surface area contributed by atoms with E-state index in [4.69, 9.17) is 0 Å². The summed E-state index contributed by atoms with van der Waals surface area (Å²) in [5.74, 6) is 0.909. The number of hydrogen-bond donors (Lipinski definition) is 2. The van der Waals surface area contributed by atoms with Crippen molar-refractivity contribution in [1.29, 1.82) is 0 Å². The average Bonchev–Trinajstić information content (AvgIpc) is 2.42. The highest BCUT2D eigenvalue weighted by Crippen LogP contribution is 2.23. The number of pyridine rings is 1. The van der Waals surface area contributed by atoms with Crippen LogP contribution in [0.1, 0.15) is 27.7 Å². The Morgan fingerprint density at radius 3 is 2.38 bits per heavy atom. The van der Waals surface area contributed by atoms with Gasteiger partial charge in [0.05, 0.1) is 4.92 Å². The molecule has 1 heterocycles. The maximum atomic E-state index is 11.0. The highest BCUT2D eigenvalue weighted by Gasteiger charge is 2.17. The Bertz CT molecular complexity index is 468. The van der Waals surface area contributed by atoms with Crippen LogP contribution in [-0.4, -0.2) is 47.0 Å². The van der Waals surface area contributed by atoms with Gasteiger partial charge in [0.15, 0.2) is 0 Å². The molecule has 0 fully saturated rings. The van der Waals surface area contributed by atoms with E-state index < -0.39 is 4.92 Å². The number of anilines is 2. The zero-order valence-electron chi connectivity index (χ0n) is 13.4. The molecule has 0 amide bonds. The van der Waals surface area contributed by atoms with Gasteiger partial charge in [0.2, 0.25) is 5.82 Å². The lowest BCUT2D eigenvalue weighted by atomic mass is 10.2. The monoisotopic (exact) mass is 295 g/mol. The number of nitro groups is 1. The third-order valence-electron chi connectivity index (χ3n) is 3.32. The minimum Gasteiger partial charge on any atom is -0.373 e. The standard InChI is InChI=1S/C14H25N5O2/c1-10(2)18(11(3)4)9-8-16-14-12(19(20)21)6-7-13(15-5)17-14/h6-7,10-11H,8-9H2,1-5H3,(H2,15,16,17). The molecule has 2 N–H and O–H groups in total. The molecule has 0 saturated carbocycles. The first kappa shape index (κ1) is 17.2. The van der Waals surface area contributed by atoms with Gasteiger partial charge in [0.1, 0.15) is 5.82 Å². The third kappa shape index (κ3) is 4.86. The van der Waals surface area contributed by atoms with Crippen molar-refractivity contribution in [3.63, 3.8) is 0 Å². The van der Waals surface area contributed by atoms with Gasteiger partial charge >= 0.3 is 5.69 Å². The van der Waals surface area contributed by atoms with Crippen molar-refractivity contribution in [2.45, 2.75) is 39.8 Å². The van der Waals surface area contributed by atoms with Crippen LogP contribution >= 0.6 is 0 Å². The number of nitrogens with one attached hydrogen (secondary N) is 2. The van der Waals surface area contributed by atoms with Gasteiger partial charge in [0, 0.05) is 38.3 Å². The topological polar surface area (TPSA) is 83.3 Å². The summed E-state index contributed by atoms with van der Waals surface area (Å²) in [7, 11) is 1.73. The molecule has 118 valence electrons. The van der Waals surface area contributed by atoms with E-state index in [2.05, 4.69) is 48.2 Å². The second kappa shape index (κ2) is 7.78. The lowest BCUT2D eigenvalue weighted by molar-refractivity contribution is -0.384. The Balaban J connectivity index is 2.75. The Morgan fingerprint density at radius 2 is 1.90 bits per heavy atom. The molecule has 0 radical (unpaired) electrons. The molecule has 21 heavy (non-hydrogen) atoms. The summed E-state index contributed by atoms with van der Waals surface area (Å²) in [6.07, 6.45) is 0. The predicted octanol–water partition coefficient (Wildman–Crippen LogP) is 2.56. The Morgan fingerprint density at radius 1 is 1.29 bits per heavy atom. The van der Waals surface area contributed by atoms with Crippen molar-refractivity contribution >= 4 is 17.3 Å². The first-order valence-corrected chi connectivity index (χ1v) is 7.19. The van der Waals surface area contributed by atoms with Crippen LogP contribution in [0.2, 0.25) is 0 Å². The highest BCUT2D eigenvalue weighted by atomic mass is 16.6. The van der Waals surface area contributed by atoms with E-state index in [-0.39, 0.29) is 5.69 Å². The summed E-state index contributed by atoms with van der Waals surface area (Å²) in [4.78, 5) is 17.1. The summed E-state index contributed by atoms with van der Waals surface area (Å²) in [5.41, 5.74) is -0.00496. The molecule has 1 aromatic rings. The molecule has 7 nitrogen and oxygen atoms in total. The van der Waals surface area contributed by atoms with E-state index in [1.807, 2.05) is 0 Å². The molecule has 0 aliphatic rings. The maximum absolute atomic E-state index is 11.0. The van der Waals surface area contributed by atoms with Gasteiger partial charge in [-0.05, 0) is 33.8 Å². The molecular weight excluding hydrogens is 270 g/mol. The molecule has 0 atom stereocenters. The second-order valence-corrected chi connectivity index (χ2v) is 5.42. The summed E-state index contributed by atoms with van der Waals surface area (Å²) in [6.45, 7) is 9.98. The molecule has 0 spiro atoms. The number of nitrogens with zero attached hydrogens (tertiary/aromatic N) is 3. The van der Waals surface area contributed by atoms with Crippen LogP contribution in [0.25, 0.3) is 0 Å². The fourth-order valence-electron chi connectivity index (χ4n) is 2.28. The van der Waals surface area contributed by atoms with E-state index in [1.54, 1.807) is 13.1 Å². The fourth-order valence-corrected chi connectivity index (χ4v) is 2.28. The second-order valence-electron chi connectivity index (χ2n) is 5.42. The molecule has 0 saturated heterocycles. The molecule has 0 unspecified atom stereocenters. The zero-order chi connectivity index (χ0) is 16.0. The molecule has 1 rings (SSSR count). The van der Waals surface area contributed by atoms with Gasteiger partial charge < -0.3 is 10.6 Å². The van der Waals surface area contributed by atoms with Crippen LogP contribution in [0.4, 0.5) is 17.3 Å². The van der Waals surface area contributed by atoms with Crippen molar-refractivity contribution in [1.82, 2.24) is 9.88 Å². The van der Waals surface area contributed by atoms with Gasteiger partial charge in [0.25, 0.3) is 0 Å². The smallest absolute Gasteiger partial charge is 0.311 e. The van der Waals surface area contributed by atoms with Gasteiger partial charge in [-0.2, -0.15) is 0 Å². The molecular formula is C14H25N5O2. The zero-order valence-corrected chi connectivity index (χ0v) is 13.4. The summed E-state index contributed by atoms with van der Waals surface area (Å²) in [5, 5.41) is 17.0. The fraction of sp³-hybridized carbons (Fsp3) is 0.643. The Labute approximate surface area is 125 Å². The third-order valence-corrected chi connectivity index (χ3v) is 3.32. The molecule has 0 aliphatic heterocycles. The first-order chi connectivity index (χ1) is 9.86. The van der Waals surface area contributed by atoms with Crippen molar-refractivity contribution in [2.75, 3.05) is 30.8 Å².